The van der Waals surface area contributed by atoms with Gasteiger partial charge in [-0.1, -0.05) is 49.0 Å². The SMILES string of the molecule is C=C(C)C(=O)OCCNS(=O)(=O)c1cccc2cccc(Nc3ccccc3)c12. The van der Waals surface area contributed by atoms with E-state index in [0.717, 1.165) is 11.1 Å². The van der Waals surface area contributed by atoms with E-state index in [0.29, 0.717) is 11.1 Å². The van der Waals surface area contributed by atoms with Crippen LogP contribution in [0.15, 0.2) is 83.8 Å². The second-order valence-corrected chi connectivity index (χ2v) is 8.20. The Hall–Kier alpha value is -3.16. The maximum atomic E-state index is 12.9. The number of para-hydroxylation sites is 1. The van der Waals surface area contributed by atoms with Crippen LogP contribution in [0.2, 0.25) is 0 Å². The predicted molar refractivity (Wildman–Crippen MR) is 115 cm³/mol. The van der Waals surface area contributed by atoms with Gasteiger partial charge in [0, 0.05) is 28.9 Å². The summed E-state index contributed by atoms with van der Waals surface area (Å²) in [4.78, 5) is 11.6. The summed E-state index contributed by atoms with van der Waals surface area (Å²) >= 11 is 0. The largest absolute Gasteiger partial charge is 0.461 e. The van der Waals surface area contributed by atoms with Crippen LogP contribution >= 0.6 is 0 Å². The second-order valence-electron chi connectivity index (χ2n) is 6.46. The summed E-state index contributed by atoms with van der Waals surface area (Å²) in [5, 5.41) is 4.67. The number of hydrogen-bond acceptors (Lipinski definition) is 5. The quantitative estimate of drug-likeness (QED) is 0.333. The number of carbonyl (C=O) groups excluding carboxylic acids is 1. The van der Waals surface area contributed by atoms with Gasteiger partial charge in [-0.25, -0.2) is 17.9 Å². The molecule has 2 N–H and O–H groups in total. The third-order valence-corrected chi connectivity index (χ3v) is 5.69. The van der Waals surface area contributed by atoms with Gasteiger partial charge in [0.15, 0.2) is 0 Å². The van der Waals surface area contributed by atoms with Crippen LogP contribution in [0, 0.1) is 0 Å². The lowest BCUT2D eigenvalue weighted by Gasteiger charge is -2.14. The number of sulfonamides is 1. The van der Waals surface area contributed by atoms with Crippen LogP contribution < -0.4 is 10.0 Å². The van der Waals surface area contributed by atoms with E-state index in [1.54, 1.807) is 12.1 Å². The van der Waals surface area contributed by atoms with Crippen molar-refractivity contribution in [1.29, 1.82) is 0 Å². The minimum absolute atomic E-state index is 0.0357. The Bertz CT molecular complexity index is 1140. The number of fused-ring (bicyclic) bond motifs is 1. The third kappa shape index (κ3) is 5.01. The van der Waals surface area contributed by atoms with E-state index >= 15 is 0 Å². The van der Waals surface area contributed by atoms with Crippen LogP contribution in [-0.4, -0.2) is 27.5 Å². The number of rotatable bonds is 8. The van der Waals surface area contributed by atoms with Gasteiger partial charge < -0.3 is 10.1 Å². The smallest absolute Gasteiger partial charge is 0.333 e. The highest BCUT2D eigenvalue weighted by Crippen LogP contribution is 2.31. The van der Waals surface area contributed by atoms with Gasteiger partial charge in [-0.2, -0.15) is 0 Å². The van der Waals surface area contributed by atoms with Crippen molar-refractivity contribution in [2.24, 2.45) is 0 Å². The number of esters is 1. The van der Waals surface area contributed by atoms with Crippen LogP contribution in [0.1, 0.15) is 6.92 Å². The average molecular weight is 410 g/mol. The number of hydrogen-bond donors (Lipinski definition) is 2. The summed E-state index contributed by atoms with van der Waals surface area (Å²) in [7, 11) is -3.82. The molecule has 6 nitrogen and oxygen atoms in total. The van der Waals surface area contributed by atoms with Crippen LogP contribution in [0.3, 0.4) is 0 Å². The molecule has 0 spiro atoms. The zero-order valence-electron chi connectivity index (χ0n) is 16.0. The number of carbonyl (C=O) groups is 1. The molecule has 0 saturated carbocycles. The van der Waals surface area contributed by atoms with E-state index in [2.05, 4.69) is 16.6 Å². The lowest BCUT2D eigenvalue weighted by molar-refractivity contribution is -0.138. The zero-order chi connectivity index (χ0) is 20.9. The minimum Gasteiger partial charge on any atom is -0.461 e. The summed E-state index contributed by atoms with van der Waals surface area (Å²) in [6.07, 6.45) is 0. The lowest BCUT2D eigenvalue weighted by Crippen LogP contribution is -2.28. The molecule has 150 valence electrons. The van der Waals surface area contributed by atoms with E-state index in [9.17, 15) is 13.2 Å². The van der Waals surface area contributed by atoms with E-state index in [4.69, 9.17) is 4.74 Å². The lowest BCUT2D eigenvalue weighted by atomic mass is 10.1. The molecule has 3 aromatic rings. The zero-order valence-corrected chi connectivity index (χ0v) is 16.8. The molecule has 0 radical (unpaired) electrons. The molecule has 0 bridgehead atoms. The average Bonchev–Trinajstić information content (AvgIpc) is 2.71. The molecule has 0 aliphatic heterocycles. The molecule has 7 heteroatoms. The van der Waals surface area contributed by atoms with Gasteiger partial charge in [0.1, 0.15) is 6.61 Å². The Morgan fingerprint density at radius 1 is 1.00 bits per heavy atom. The molecule has 0 atom stereocenters. The Kier molecular flexibility index (Phi) is 6.31. The highest BCUT2D eigenvalue weighted by Gasteiger charge is 2.19. The fourth-order valence-corrected chi connectivity index (χ4v) is 4.09. The normalized spacial score (nSPS) is 11.2. The van der Waals surface area contributed by atoms with E-state index in [1.165, 1.54) is 6.92 Å². The number of ether oxygens (including phenoxy) is 1. The molecule has 3 aromatic carbocycles. The van der Waals surface area contributed by atoms with Crippen LogP contribution in [0.25, 0.3) is 10.8 Å². The fraction of sp³-hybridized carbons (Fsp3) is 0.136. The first kappa shape index (κ1) is 20.6. The predicted octanol–water partition coefficient (Wildman–Crippen LogP) is 3.98. The standard InChI is InChI=1S/C22H22N2O4S/c1-16(2)22(25)28-15-14-23-29(26,27)20-13-7-9-17-8-6-12-19(21(17)20)24-18-10-4-3-5-11-18/h3-13,23-24H,1,14-15H2,2H3. The topological polar surface area (TPSA) is 84.5 Å². The van der Waals surface area contributed by atoms with Gasteiger partial charge in [0.2, 0.25) is 10.0 Å². The maximum Gasteiger partial charge on any atom is 0.333 e. The summed E-state index contributed by atoms with van der Waals surface area (Å²) < 4.78 is 33.3. The number of anilines is 2. The minimum atomic E-state index is -3.82. The molecule has 0 aromatic heterocycles. The van der Waals surface area contributed by atoms with Crippen LogP contribution in [0.5, 0.6) is 0 Å². The van der Waals surface area contributed by atoms with Crippen molar-refractivity contribution in [1.82, 2.24) is 4.72 Å². The molecule has 0 aliphatic rings. The van der Waals surface area contributed by atoms with E-state index in [-0.39, 0.29) is 23.6 Å². The van der Waals surface area contributed by atoms with Crippen LogP contribution in [0.4, 0.5) is 11.4 Å². The Morgan fingerprint density at radius 3 is 2.38 bits per heavy atom. The Labute approximate surface area is 170 Å². The highest BCUT2D eigenvalue weighted by atomic mass is 32.2. The monoisotopic (exact) mass is 410 g/mol. The first-order chi connectivity index (χ1) is 13.9. The van der Waals surface area contributed by atoms with E-state index < -0.39 is 16.0 Å². The molecule has 0 amide bonds. The van der Waals surface area contributed by atoms with Gasteiger partial charge >= 0.3 is 5.97 Å². The van der Waals surface area contributed by atoms with Crippen molar-refractivity contribution in [3.8, 4) is 0 Å². The first-order valence-electron chi connectivity index (χ1n) is 9.04. The summed E-state index contributed by atoms with van der Waals surface area (Å²) in [5.74, 6) is -0.552. The van der Waals surface area contributed by atoms with Crippen molar-refractivity contribution in [3.05, 3.63) is 78.9 Å². The Balaban J connectivity index is 1.88. The van der Waals surface area contributed by atoms with Crippen LogP contribution in [-0.2, 0) is 19.6 Å². The van der Waals surface area contributed by atoms with Gasteiger partial charge in [-0.15, -0.1) is 0 Å². The Morgan fingerprint density at radius 2 is 1.69 bits per heavy atom. The van der Waals surface area contributed by atoms with Crippen molar-refractivity contribution in [3.63, 3.8) is 0 Å². The van der Waals surface area contributed by atoms with Gasteiger partial charge in [0.25, 0.3) is 0 Å². The molecule has 0 fully saturated rings. The molecule has 0 aliphatic carbocycles. The highest BCUT2D eigenvalue weighted by molar-refractivity contribution is 7.89. The number of nitrogens with one attached hydrogen (secondary N) is 2. The molecule has 0 heterocycles. The molecular formula is C22H22N2O4S. The molecule has 0 saturated heterocycles. The summed E-state index contributed by atoms with van der Waals surface area (Å²) in [5.41, 5.74) is 1.80. The number of benzene rings is 3. The van der Waals surface area contributed by atoms with Gasteiger partial charge in [-0.3, -0.25) is 0 Å². The molecular weight excluding hydrogens is 388 g/mol. The molecule has 29 heavy (non-hydrogen) atoms. The van der Waals surface area contributed by atoms with Crippen molar-refractivity contribution < 1.29 is 17.9 Å². The summed E-state index contributed by atoms with van der Waals surface area (Å²) in [6, 6.07) is 20.2. The maximum absolute atomic E-state index is 12.9. The van der Waals surface area contributed by atoms with Gasteiger partial charge in [-0.05, 0) is 36.6 Å². The van der Waals surface area contributed by atoms with Crippen molar-refractivity contribution in [2.45, 2.75) is 11.8 Å². The molecule has 0 unspecified atom stereocenters. The summed E-state index contributed by atoms with van der Waals surface area (Å²) in [6.45, 7) is 4.91. The fourth-order valence-electron chi connectivity index (χ4n) is 2.83. The van der Waals surface area contributed by atoms with E-state index in [1.807, 2.05) is 54.6 Å². The second kappa shape index (κ2) is 8.89. The van der Waals surface area contributed by atoms with Gasteiger partial charge in [0.05, 0.1) is 4.90 Å². The third-order valence-electron chi connectivity index (χ3n) is 4.18. The molecule has 3 rings (SSSR count). The first-order valence-corrected chi connectivity index (χ1v) is 10.5. The van der Waals surface area contributed by atoms with Crippen molar-refractivity contribution in [2.75, 3.05) is 18.5 Å². The van der Waals surface area contributed by atoms with Crippen molar-refractivity contribution >= 4 is 38.1 Å².